The highest BCUT2D eigenvalue weighted by atomic mass is 32.2. The number of alkyl halides is 3. The minimum Gasteiger partial charge on any atom is -0.488 e. The fraction of sp³-hybridized carbons (Fsp3) is 0.500. The molecule has 1 heterocycles. The second kappa shape index (κ2) is 4.55. The van der Waals surface area contributed by atoms with Gasteiger partial charge in [0.1, 0.15) is 11.4 Å². The molecule has 0 bridgehead atoms. The van der Waals surface area contributed by atoms with Crippen LogP contribution in [-0.2, 0) is 16.2 Å². The van der Waals surface area contributed by atoms with Gasteiger partial charge in [-0.05, 0) is 12.8 Å². The molecule has 106 valence electrons. The van der Waals surface area contributed by atoms with Crippen LogP contribution in [0.25, 0.3) is 0 Å². The Hall–Kier alpha value is -1.51. The molecule has 0 aliphatic heterocycles. The van der Waals surface area contributed by atoms with E-state index in [1.54, 1.807) is 0 Å². The van der Waals surface area contributed by atoms with E-state index in [0.717, 1.165) is 25.3 Å². The lowest BCUT2D eigenvalue weighted by Gasteiger charge is -2.16. The molecule has 0 unspecified atom stereocenters. The first-order chi connectivity index (χ1) is 8.67. The van der Waals surface area contributed by atoms with Gasteiger partial charge in [-0.3, -0.25) is 4.72 Å². The molecule has 9 heteroatoms. The maximum absolute atomic E-state index is 12.8. The molecule has 1 saturated carbocycles. The fourth-order valence-corrected chi connectivity index (χ4v) is 1.97. The van der Waals surface area contributed by atoms with Gasteiger partial charge in [-0.15, -0.1) is 0 Å². The Morgan fingerprint density at radius 2 is 2.05 bits per heavy atom. The van der Waals surface area contributed by atoms with Crippen molar-refractivity contribution in [3.63, 3.8) is 0 Å². The Bertz CT molecular complexity index is 582. The predicted molar refractivity (Wildman–Crippen MR) is 61.4 cm³/mol. The van der Waals surface area contributed by atoms with E-state index in [4.69, 9.17) is 4.74 Å². The van der Waals surface area contributed by atoms with E-state index in [1.807, 2.05) is 4.72 Å². The van der Waals surface area contributed by atoms with E-state index in [1.165, 1.54) is 6.07 Å². The summed E-state index contributed by atoms with van der Waals surface area (Å²) in [5.41, 5.74) is -1.97. The molecule has 0 amide bonds. The second-order valence-electron chi connectivity index (χ2n) is 4.22. The molecule has 1 aromatic heterocycles. The molecule has 1 N–H and O–H groups in total. The summed E-state index contributed by atoms with van der Waals surface area (Å²) in [5.74, 6) is -0.157. The summed E-state index contributed by atoms with van der Waals surface area (Å²) in [7, 11) is -3.87. The highest BCUT2D eigenvalue weighted by Gasteiger charge is 2.38. The van der Waals surface area contributed by atoms with Gasteiger partial charge in [-0.1, -0.05) is 0 Å². The molecule has 1 aromatic rings. The Kier molecular flexibility index (Phi) is 3.33. The number of pyridine rings is 1. The fourth-order valence-electron chi connectivity index (χ4n) is 1.41. The highest BCUT2D eigenvalue weighted by molar-refractivity contribution is 7.92. The van der Waals surface area contributed by atoms with Crippen LogP contribution in [0, 0.1) is 0 Å². The lowest BCUT2D eigenvalue weighted by molar-refractivity contribution is -0.140. The van der Waals surface area contributed by atoms with Gasteiger partial charge in [0.15, 0.2) is 5.69 Å². The van der Waals surface area contributed by atoms with Crippen molar-refractivity contribution in [2.24, 2.45) is 0 Å². The quantitative estimate of drug-likeness (QED) is 0.923. The van der Waals surface area contributed by atoms with Crippen molar-refractivity contribution < 1.29 is 26.3 Å². The summed E-state index contributed by atoms with van der Waals surface area (Å²) < 4.78 is 67.8. The number of nitrogens with one attached hydrogen (secondary N) is 1. The number of hydrogen-bond donors (Lipinski definition) is 1. The van der Waals surface area contributed by atoms with Gasteiger partial charge < -0.3 is 4.74 Å². The first kappa shape index (κ1) is 13.9. The number of rotatable bonds is 4. The lowest BCUT2D eigenvalue weighted by Crippen LogP contribution is -2.18. The third-order valence-corrected chi connectivity index (χ3v) is 2.86. The van der Waals surface area contributed by atoms with Crippen LogP contribution < -0.4 is 9.46 Å². The standard InChI is InChI=1S/C10H11F3N2O3S/c1-19(16,17)15-8-7(18-6-2-3-6)4-5-14-9(8)10(11,12)13/h4-6,15H,2-3H2,1H3. The maximum atomic E-state index is 12.8. The van der Waals surface area contributed by atoms with E-state index in [2.05, 4.69) is 4.98 Å². The molecule has 0 aromatic carbocycles. The Labute approximate surface area is 107 Å². The minimum absolute atomic E-state index is 0.157. The lowest BCUT2D eigenvalue weighted by atomic mass is 10.2. The van der Waals surface area contributed by atoms with Gasteiger partial charge in [-0.25, -0.2) is 13.4 Å². The van der Waals surface area contributed by atoms with Crippen LogP contribution in [0.3, 0.4) is 0 Å². The first-order valence-corrected chi connectivity index (χ1v) is 7.26. The van der Waals surface area contributed by atoms with Crippen molar-refractivity contribution in [2.75, 3.05) is 11.0 Å². The number of aromatic nitrogens is 1. The Morgan fingerprint density at radius 3 is 2.53 bits per heavy atom. The SMILES string of the molecule is CS(=O)(=O)Nc1c(OC2CC2)ccnc1C(F)(F)F. The summed E-state index contributed by atoms with van der Waals surface area (Å²) in [6.07, 6.45) is -1.75. The van der Waals surface area contributed by atoms with E-state index in [-0.39, 0.29) is 11.9 Å². The zero-order valence-corrected chi connectivity index (χ0v) is 10.7. The van der Waals surface area contributed by atoms with Gasteiger partial charge in [0.2, 0.25) is 10.0 Å². The van der Waals surface area contributed by atoms with Crippen LogP contribution in [0.2, 0.25) is 0 Å². The maximum Gasteiger partial charge on any atom is 0.435 e. The molecule has 0 spiro atoms. The zero-order valence-electron chi connectivity index (χ0n) is 9.86. The molecule has 5 nitrogen and oxygen atoms in total. The predicted octanol–water partition coefficient (Wildman–Crippen LogP) is 2.01. The zero-order chi connectivity index (χ0) is 14.3. The molecule has 0 radical (unpaired) electrons. The van der Waals surface area contributed by atoms with Gasteiger partial charge in [0, 0.05) is 12.3 Å². The molecule has 0 atom stereocenters. The molecule has 0 saturated heterocycles. The molecule has 1 aliphatic carbocycles. The number of nitrogens with zero attached hydrogens (tertiary/aromatic N) is 1. The Morgan fingerprint density at radius 1 is 1.42 bits per heavy atom. The number of hydrogen-bond acceptors (Lipinski definition) is 4. The van der Waals surface area contributed by atoms with Gasteiger partial charge in [0.25, 0.3) is 0 Å². The minimum atomic E-state index is -4.77. The molecule has 19 heavy (non-hydrogen) atoms. The van der Waals surface area contributed by atoms with E-state index >= 15 is 0 Å². The summed E-state index contributed by atoms with van der Waals surface area (Å²) in [5, 5.41) is 0. The summed E-state index contributed by atoms with van der Waals surface area (Å²) >= 11 is 0. The highest BCUT2D eigenvalue weighted by Crippen LogP contribution is 2.40. The van der Waals surface area contributed by atoms with Crippen LogP contribution in [0.4, 0.5) is 18.9 Å². The summed E-state index contributed by atoms with van der Waals surface area (Å²) in [6, 6.07) is 1.21. The van der Waals surface area contributed by atoms with Crippen molar-refractivity contribution in [2.45, 2.75) is 25.1 Å². The molecular weight excluding hydrogens is 285 g/mol. The monoisotopic (exact) mass is 296 g/mol. The molecule has 1 fully saturated rings. The third kappa shape index (κ3) is 3.72. The van der Waals surface area contributed by atoms with Gasteiger partial charge >= 0.3 is 6.18 Å². The van der Waals surface area contributed by atoms with Crippen LogP contribution in [0.15, 0.2) is 12.3 Å². The number of halogens is 3. The van der Waals surface area contributed by atoms with Crippen molar-refractivity contribution >= 4 is 15.7 Å². The molecular formula is C10H11F3N2O3S. The summed E-state index contributed by atoms with van der Waals surface area (Å²) in [6.45, 7) is 0. The van der Waals surface area contributed by atoms with E-state index < -0.39 is 27.6 Å². The van der Waals surface area contributed by atoms with E-state index in [0.29, 0.717) is 0 Å². The number of sulfonamides is 1. The van der Waals surface area contributed by atoms with Gasteiger partial charge in [0.05, 0.1) is 12.4 Å². The molecule has 2 rings (SSSR count). The van der Waals surface area contributed by atoms with Crippen LogP contribution >= 0.6 is 0 Å². The summed E-state index contributed by atoms with van der Waals surface area (Å²) in [4.78, 5) is 3.19. The first-order valence-electron chi connectivity index (χ1n) is 5.37. The second-order valence-corrected chi connectivity index (χ2v) is 5.97. The van der Waals surface area contributed by atoms with Crippen LogP contribution in [0.5, 0.6) is 5.75 Å². The number of ether oxygens (including phenoxy) is 1. The van der Waals surface area contributed by atoms with Crippen LogP contribution in [-0.4, -0.2) is 25.8 Å². The van der Waals surface area contributed by atoms with Crippen LogP contribution in [0.1, 0.15) is 18.5 Å². The van der Waals surface area contributed by atoms with E-state index in [9.17, 15) is 21.6 Å². The largest absolute Gasteiger partial charge is 0.488 e. The van der Waals surface area contributed by atoms with Gasteiger partial charge in [-0.2, -0.15) is 13.2 Å². The topological polar surface area (TPSA) is 68.3 Å². The average molecular weight is 296 g/mol. The Balaban J connectivity index is 2.47. The van der Waals surface area contributed by atoms with Crippen molar-refractivity contribution in [1.29, 1.82) is 0 Å². The van der Waals surface area contributed by atoms with Crippen molar-refractivity contribution in [1.82, 2.24) is 4.98 Å². The smallest absolute Gasteiger partial charge is 0.435 e. The third-order valence-electron chi connectivity index (χ3n) is 2.29. The van der Waals surface area contributed by atoms with Crippen molar-refractivity contribution in [3.8, 4) is 5.75 Å². The van der Waals surface area contributed by atoms with Crippen molar-refractivity contribution in [3.05, 3.63) is 18.0 Å². The molecule has 1 aliphatic rings. The normalized spacial score (nSPS) is 16.2. The number of anilines is 1. The average Bonchev–Trinajstić information content (AvgIpc) is 3.00.